The van der Waals surface area contributed by atoms with E-state index in [-0.39, 0.29) is 0 Å². The monoisotopic (exact) mass is 272 g/mol. The zero-order valence-corrected chi connectivity index (χ0v) is 12.7. The van der Waals surface area contributed by atoms with E-state index in [4.69, 9.17) is 0 Å². The lowest BCUT2D eigenvalue weighted by atomic mass is 9.70. The lowest BCUT2D eigenvalue weighted by Gasteiger charge is -2.47. The lowest BCUT2D eigenvalue weighted by Crippen LogP contribution is -2.53. The third kappa shape index (κ3) is 3.03. The van der Waals surface area contributed by atoms with Crippen LogP contribution >= 0.6 is 12.6 Å². The summed E-state index contributed by atoms with van der Waals surface area (Å²) >= 11 is 4.49. The Morgan fingerprint density at radius 1 is 0.944 bits per heavy atom. The van der Waals surface area contributed by atoms with E-state index in [0.29, 0.717) is 17.6 Å². The maximum Gasteiger partial charge on any atom is 0.0793 e. The number of likely N-dealkylation sites (tertiary alicyclic amines) is 2. The predicted octanol–water partition coefficient (Wildman–Crippen LogP) is 1.33. The molecule has 0 spiro atoms. The van der Waals surface area contributed by atoms with Gasteiger partial charge in [0.15, 0.2) is 0 Å². The van der Waals surface area contributed by atoms with Gasteiger partial charge in [0.05, 0.1) is 5.60 Å². The first kappa shape index (κ1) is 14.6. The number of aliphatic hydroxyl groups is 1. The fourth-order valence-corrected chi connectivity index (χ4v) is 4.12. The van der Waals surface area contributed by atoms with Crippen molar-refractivity contribution in [1.82, 2.24) is 9.80 Å². The Hall–Kier alpha value is 0.230. The van der Waals surface area contributed by atoms with Crippen LogP contribution in [0.5, 0.6) is 0 Å². The van der Waals surface area contributed by atoms with E-state index < -0.39 is 5.60 Å². The summed E-state index contributed by atoms with van der Waals surface area (Å²) in [7, 11) is 4.34. The SMILES string of the molecule is CN1CCC(C(O)(CS)C2CCN(C)CC2)CC1. The van der Waals surface area contributed by atoms with Crippen LogP contribution in [0.2, 0.25) is 0 Å². The van der Waals surface area contributed by atoms with E-state index in [1.807, 2.05) is 0 Å². The molecule has 2 fully saturated rings. The van der Waals surface area contributed by atoms with Crippen molar-refractivity contribution >= 4 is 12.6 Å². The summed E-state index contributed by atoms with van der Waals surface area (Å²) in [4.78, 5) is 4.73. The average Bonchev–Trinajstić information content (AvgIpc) is 2.39. The molecular formula is C14H28N2OS. The van der Waals surface area contributed by atoms with Gasteiger partial charge in [0, 0.05) is 5.75 Å². The Balaban J connectivity index is 2.00. The molecule has 0 aromatic carbocycles. The molecule has 0 amide bonds. The van der Waals surface area contributed by atoms with Gasteiger partial charge in [-0.1, -0.05) is 0 Å². The fraction of sp³-hybridized carbons (Fsp3) is 1.00. The summed E-state index contributed by atoms with van der Waals surface area (Å²) in [6.45, 7) is 4.47. The Kier molecular flexibility index (Phi) is 4.98. The molecule has 0 aromatic rings. The summed E-state index contributed by atoms with van der Waals surface area (Å²) in [6, 6.07) is 0. The van der Waals surface area contributed by atoms with E-state index in [1.165, 1.54) is 0 Å². The zero-order valence-electron chi connectivity index (χ0n) is 11.8. The van der Waals surface area contributed by atoms with E-state index >= 15 is 0 Å². The van der Waals surface area contributed by atoms with Crippen molar-refractivity contribution in [2.75, 3.05) is 46.0 Å². The van der Waals surface area contributed by atoms with Crippen molar-refractivity contribution < 1.29 is 5.11 Å². The molecule has 4 heteroatoms. The number of rotatable bonds is 3. The fourth-order valence-electron chi connectivity index (χ4n) is 3.61. The highest BCUT2D eigenvalue weighted by Gasteiger charge is 2.44. The summed E-state index contributed by atoms with van der Waals surface area (Å²) in [5.41, 5.74) is -0.536. The van der Waals surface area contributed by atoms with Crippen LogP contribution in [0.1, 0.15) is 25.7 Å². The minimum atomic E-state index is -0.536. The molecule has 1 N–H and O–H groups in total. The number of hydrogen-bond donors (Lipinski definition) is 2. The van der Waals surface area contributed by atoms with Gasteiger partial charge in [-0.05, 0) is 77.8 Å². The van der Waals surface area contributed by atoms with Gasteiger partial charge in [0.2, 0.25) is 0 Å². The summed E-state index contributed by atoms with van der Waals surface area (Å²) in [6.07, 6.45) is 4.50. The highest BCUT2D eigenvalue weighted by atomic mass is 32.1. The molecule has 0 bridgehead atoms. The van der Waals surface area contributed by atoms with Crippen LogP contribution in [0.4, 0.5) is 0 Å². The molecule has 0 aromatic heterocycles. The van der Waals surface area contributed by atoms with Gasteiger partial charge in [-0.2, -0.15) is 12.6 Å². The highest BCUT2D eigenvalue weighted by Crippen LogP contribution is 2.39. The van der Waals surface area contributed by atoms with Gasteiger partial charge < -0.3 is 14.9 Å². The molecule has 2 rings (SSSR count). The minimum absolute atomic E-state index is 0.444. The normalized spacial score (nSPS) is 26.7. The molecule has 2 aliphatic heterocycles. The van der Waals surface area contributed by atoms with Crippen LogP contribution in [-0.4, -0.2) is 66.5 Å². The van der Waals surface area contributed by atoms with Crippen LogP contribution in [0.3, 0.4) is 0 Å². The first-order valence-corrected chi connectivity index (χ1v) is 7.90. The van der Waals surface area contributed by atoms with Crippen LogP contribution in [0.25, 0.3) is 0 Å². The first-order chi connectivity index (χ1) is 8.56. The lowest BCUT2D eigenvalue weighted by molar-refractivity contribution is -0.0823. The maximum absolute atomic E-state index is 11.1. The van der Waals surface area contributed by atoms with Crippen molar-refractivity contribution in [2.24, 2.45) is 11.8 Å². The van der Waals surface area contributed by atoms with Gasteiger partial charge >= 0.3 is 0 Å². The van der Waals surface area contributed by atoms with E-state index in [1.54, 1.807) is 0 Å². The van der Waals surface area contributed by atoms with Crippen LogP contribution in [0.15, 0.2) is 0 Å². The van der Waals surface area contributed by atoms with Crippen LogP contribution in [0, 0.1) is 11.8 Å². The third-order valence-corrected chi connectivity index (χ3v) is 5.61. The zero-order chi connectivity index (χ0) is 13.2. The number of nitrogens with zero attached hydrogens (tertiary/aromatic N) is 2. The second-order valence-corrected chi connectivity index (χ2v) is 6.62. The number of piperidine rings is 2. The molecular weight excluding hydrogens is 244 g/mol. The molecule has 0 unspecified atom stereocenters. The summed E-state index contributed by atoms with van der Waals surface area (Å²) in [5.74, 6) is 1.51. The van der Waals surface area contributed by atoms with Gasteiger partial charge in [-0.15, -0.1) is 0 Å². The second kappa shape index (κ2) is 6.12. The van der Waals surface area contributed by atoms with E-state index in [0.717, 1.165) is 51.9 Å². The molecule has 0 aliphatic carbocycles. The van der Waals surface area contributed by atoms with Crippen molar-refractivity contribution in [3.63, 3.8) is 0 Å². The van der Waals surface area contributed by atoms with Gasteiger partial charge in [-0.3, -0.25) is 0 Å². The van der Waals surface area contributed by atoms with Crippen LogP contribution in [-0.2, 0) is 0 Å². The Labute approximate surface area is 117 Å². The predicted molar refractivity (Wildman–Crippen MR) is 79.2 cm³/mol. The number of hydrogen-bond acceptors (Lipinski definition) is 4. The first-order valence-electron chi connectivity index (χ1n) is 7.26. The van der Waals surface area contributed by atoms with Crippen molar-refractivity contribution in [3.8, 4) is 0 Å². The van der Waals surface area contributed by atoms with Crippen molar-refractivity contribution in [2.45, 2.75) is 31.3 Å². The van der Waals surface area contributed by atoms with E-state index in [2.05, 4.69) is 36.5 Å². The second-order valence-electron chi connectivity index (χ2n) is 6.30. The Bertz CT molecular complexity index is 237. The Morgan fingerprint density at radius 2 is 1.28 bits per heavy atom. The summed E-state index contributed by atoms with van der Waals surface area (Å²) < 4.78 is 0. The van der Waals surface area contributed by atoms with Crippen LogP contribution < -0.4 is 0 Å². The van der Waals surface area contributed by atoms with Crippen molar-refractivity contribution in [3.05, 3.63) is 0 Å². The molecule has 0 atom stereocenters. The van der Waals surface area contributed by atoms with Gasteiger partial charge in [-0.25, -0.2) is 0 Å². The standard InChI is InChI=1S/C14H28N2OS/c1-15-7-3-12(4-8-15)14(17,11-18)13-5-9-16(2)10-6-13/h12-13,17-18H,3-11H2,1-2H3. The Morgan fingerprint density at radius 3 is 1.56 bits per heavy atom. The van der Waals surface area contributed by atoms with Gasteiger partial charge in [0.1, 0.15) is 0 Å². The topological polar surface area (TPSA) is 26.7 Å². The quantitative estimate of drug-likeness (QED) is 0.759. The molecule has 3 nitrogen and oxygen atoms in total. The molecule has 2 heterocycles. The number of thiol groups is 1. The molecule has 18 heavy (non-hydrogen) atoms. The maximum atomic E-state index is 11.1. The molecule has 2 aliphatic rings. The smallest absolute Gasteiger partial charge is 0.0793 e. The van der Waals surface area contributed by atoms with Gasteiger partial charge in [0.25, 0.3) is 0 Å². The average molecular weight is 272 g/mol. The van der Waals surface area contributed by atoms with Crippen molar-refractivity contribution in [1.29, 1.82) is 0 Å². The summed E-state index contributed by atoms with van der Waals surface area (Å²) in [5, 5.41) is 11.1. The molecule has 106 valence electrons. The molecule has 2 saturated heterocycles. The highest BCUT2D eigenvalue weighted by molar-refractivity contribution is 7.80. The molecule has 0 radical (unpaired) electrons. The minimum Gasteiger partial charge on any atom is -0.388 e. The largest absolute Gasteiger partial charge is 0.388 e. The van der Waals surface area contributed by atoms with E-state index in [9.17, 15) is 5.11 Å². The molecule has 0 saturated carbocycles. The third-order valence-electron chi connectivity index (χ3n) is 5.10.